The molecule has 6 heteroatoms. The second-order valence-corrected chi connectivity index (χ2v) is 13.6. The predicted octanol–water partition coefficient (Wildman–Crippen LogP) is 7.77. The zero-order valence-corrected chi connectivity index (χ0v) is 24.6. The fraction of sp³-hybridized carbons (Fsp3) is 0.625. The van der Waals surface area contributed by atoms with E-state index in [0.29, 0.717) is 42.0 Å². The Morgan fingerprint density at radius 2 is 1.45 bits per heavy atom. The Morgan fingerprint density at radius 3 is 1.95 bits per heavy atom. The maximum absolute atomic E-state index is 14.1. The van der Waals surface area contributed by atoms with Gasteiger partial charge in [-0.05, 0) is 61.1 Å². The van der Waals surface area contributed by atoms with Crippen LogP contribution in [0.2, 0.25) is 5.02 Å². The fourth-order valence-electron chi connectivity index (χ4n) is 7.30. The lowest BCUT2D eigenvalue weighted by Crippen LogP contribution is -2.48. The molecule has 0 N–H and O–H groups in total. The van der Waals surface area contributed by atoms with Crippen LogP contribution >= 0.6 is 11.6 Å². The fourth-order valence-corrected chi connectivity index (χ4v) is 7.57. The van der Waals surface area contributed by atoms with Crippen LogP contribution in [0.5, 0.6) is 11.5 Å². The summed E-state index contributed by atoms with van der Waals surface area (Å²) in [6.07, 6.45) is 8.45. The Kier molecular flexibility index (Phi) is 7.21. The third-order valence-corrected chi connectivity index (χ3v) is 9.05. The van der Waals surface area contributed by atoms with Crippen molar-refractivity contribution < 1.29 is 19.1 Å². The van der Waals surface area contributed by atoms with Crippen LogP contribution in [0.4, 0.5) is 0 Å². The van der Waals surface area contributed by atoms with Crippen LogP contribution < -0.4 is 9.47 Å². The molecule has 1 saturated carbocycles. The smallest absolute Gasteiger partial charge is 0.179 e. The summed E-state index contributed by atoms with van der Waals surface area (Å²) >= 11 is 6.76. The van der Waals surface area contributed by atoms with E-state index >= 15 is 0 Å². The molecule has 0 spiro atoms. The summed E-state index contributed by atoms with van der Waals surface area (Å²) in [5.74, 6) is 0.885. The van der Waals surface area contributed by atoms with Gasteiger partial charge in [0.15, 0.2) is 23.1 Å². The van der Waals surface area contributed by atoms with Crippen molar-refractivity contribution in [2.75, 3.05) is 13.7 Å². The van der Waals surface area contributed by atoms with Crippen molar-refractivity contribution in [3.63, 3.8) is 0 Å². The summed E-state index contributed by atoms with van der Waals surface area (Å²) in [6, 6.07) is 4.14. The molecule has 5 rings (SSSR count). The number of benzene rings is 1. The van der Waals surface area contributed by atoms with Crippen LogP contribution in [-0.4, -0.2) is 36.2 Å². The number of hydrogen-bond donors (Lipinski definition) is 0. The van der Waals surface area contributed by atoms with Gasteiger partial charge in [-0.1, -0.05) is 58.6 Å². The molecule has 206 valence electrons. The van der Waals surface area contributed by atoms with E-state index in [9.17, 15) is 9.59 Å². The second kappa shape index (κ2) is 10.0. The van der Waals surface area contributed by atoms with Gasteiger partial charge < -0.3 is 14.4 Å². The first-order chi connectivity index (χ1) is 18.0. The quantitative estimate of drug-likeness (QED) is 0.382. The van der Waals surface area contributed by atoms with E-state index in [1.54, 1.807) is 7.11 Å². The van der Waals surface area contributed by atoms with Crippen molar-refractivity contribution in [1.29, 1.82) is 0 Å². The summed E-state index contributed by atoms with van der Waals surface area (Å²) in [6.45, 7) is 11.1. The van der Waals surface area contributed by atoms with Gasteiger partial charge in [-0.25, -0.2) is 0 Å². The number of carbonyl (C=O) groups excluding carboxylic acids is 2. The molecule has 0 radical (unpaired) electrons. The summed E-state index contributed by atoms with van der Waals surface area (Å²) in [7, 11) is 1.60. The van der Waals surface area contributed by atoms with Gasteiger partial charge in [-0.3, -0.25) is 9.59 Å². The predicted molar refractivity (Wildman–Crippen MR) is 151 cm³/mol. The van der Waals surface area contributed by atoms with Gasteiger partial charge in [-0.15, -0.1) is 0 Å². The Hall–Kier alpha value is -2.27. The standard InChI is InChI=1S/C32H42ClNO4/c1-7-38-30-21(33)13-19(14-26(30)37-6)27-28-22(15-31(2,3)17-24(28)35)34(20-11-9-8-10-12-20)23-16-32(4,5)18-25(36)29(23)27/h13-14,20,27H,7-12,15-18H2,1-6H3. The lowest BCUT2D eigenvalue weighted by atomic mass is 9.63. The van der Waals surface area contributed by atoms with E-state index < -0.39 is 5.92 Å². The number of carbonyl (C=O) groups is 2. The van der Waals surface area contributed by atoms with Crippen molar-refractivity contribution in [3.05, 3.63) is 45.3 Å². The minimum atomic E-state index is -0.436. The second-order valence-electron chi connectivity index (χ2n) is 13.2. The number of allylic oxidation sites excluding steroid dienone is 4. The molecule has 1 fully saturated rings. The molecular weight excluding hydrogens is 498 g/mol. The highest BCUT2D eigenvalue weighted by molar-refractivity contribution is 6.32. The maximum atomic E-state index is 14.1. The highest BCUT2D eigenvalue weighted by atomic mass is 35.5. The molecule has 0 unspecified atom stereocenters. The number of Topliss-reactive ketones (excluding diaryl/α,β-unsaturated/α-hetero) is 2. The van der Waals surface area contributed by atoms with Crippen LogP contribution in [0.15, 0.2) is 34.7 Å². The van der Waals surface area contributed by atoms with E-state index in [0.717, 1.165) is 53.8 Å². The van der Waals surface area contributed by atoms with Gasteiger partial charge in [0, 0.05) is 47.3 Å². The van der Waals surface area contributed by atoms with Gasteiger partial charge >= 0.3 is 0 Å². The molecule has 0 saturated heterocycles. The van der Waals surface area contributed by atoms with Crippen molar-refractivity contribution in [3.8, 4) is 11.5 Å². The van der Waals surface area contributed by atoms with Crippen molar-refractivity contribution >= 4 is 23.2 Å². The molecule has 1 heterocycles. The average Bonchev–Trinajstić information content (AvgIpc) is 2.83. The van der Waals surface area contributed by atoms with Crippen molar-refractivity contribution in [2.45, 2.75) is 104 Å². The number of methoxy groups -OCH3 is 1. The van der Waals surface area contributed by atoms with Crippen LogP contribution in [0.3, 0.4) is 0 Å². The van der Waals surface area contributed by atoms with E-state index in [1.807, 2.05) is 19.1 Å². The molecule has 1 aromatic rings. The Bertz CT molecular complexity index is 1160. The number of hydrogen-bond acceptors (Lipinski definition) is 5. The molecule has 0 bridgehead atoms. The Balaban J connectivity index is 1.78. The molecule has 3 aliphatic carbocycles. The third-order valence-electron chi connectivity index (χ3n) is 8.77. The van der Waals surface area contributed by atoms with E-state index in [2.05, 4.69) is 32.6 Å². The summed E-state index contributed by atoms with van der Waals surface area (Å²) in [5, 5.41) is 0.437. The van der Waals surface area contributed by atoms with Gasteiger partial charge in [0.1, 0.15) is 0 Å². The Morgan fingerprint density at radius 1 is 0.895 bits per heavy atom. The summed E-state index contributed by atoms with van der Waals surface area (Å²) in [5.41, 5.74) is 4.43. The van der Waals surface area contributed by atoms with Crippen molar-refractivity contribution in [2.24, 2.45) is 10.8 Å². The van der Waals surface area contributed by atoms with E-state index in [4.69, 9.17) is 21.1 Å². The molecule has 4 aliphatic rings. The SMILES string of the molecule is CCOc1c(Cl)cc(C2C3=C(CC(C)(C)CC3=O)N(C3CCCCC3)C3=C2C(=O)CC(C)(C)C3)cc1OC. The number of nitrogens with zero attached hydrogens (tertiary/aromatic N) is 1. The maximum Gasteiger partial charge on any atom is 0.179 e. The summed E-state index contributed by atoms with van der Waals surface area (Å²) < 4.78 is 11.5. The molecule has 1 aliphatic heterocycles. The minimum absolute atomic E-state index is 0.131. The zero-order valence-electron chi connectivity index (χ0n) is 23.8. The zero-order chi connectivity index (χ0) is 27.4. The first kappa shape index (κ1) is 27.3. The first-order valence-corrected chi connectivity index (χ1v) is 14.7. The van der Waals surface area contributed by atoms with Crippen LogP contribution in [-0.2, 0) is 9.59 Å². The van der Waals surface area contributed by atoms with Crippen LogP contribution in [0, 0.1) is 10.8 Å². The molecule has 1 aromatic carbocycles. The van der Waals surface area contributed by atoms with Gasteiger partial charge in [0.2, 0.25) is 0 Å². The van der Waals surface area contributed by atoms with E-state index in [-0.39, 0.29) is 22.4 Å². The normalized spacial score (nSPS) is 23.9. The molecule has 0 aromatic heterocycles. The highest BCUT2D eigenvalue weighted by Gasteiger charge is 2.50. The van der Waals surface area contributed by atoms with Gasteiger partial charge in [0.25, 0.3) is 0 Å². The number of ketones is 2. The summed E-state index contributed by atoms with van der Waals surface area (Å²) in [4.78, 5) is 30.6. The minimum Gasteiger partial charge on any atom is -0.493 e. The Labute approximate surface area is 232 Å². The largest absolute Gasteiger partial charge is 0.493 e. The number of rotatable bonds is 5. The van der Waals surface area contributed by atoms with E-state index in [1.165, 1.54) is 19.3 Å². The van der Waals surface area contributed by atoms with Gasteiger partial charge in [0.05, 0.1) is 18.7 Å². The average molecular weight is 540 g/mol. The van der Waals surface area contributed by atoms with Crippen molar-refractivity contribution in [1.82, 2.24) is 4.90 Å². The van der Waals surface area contributed by atoms with Crippen LogP contribution in [0.25, 0.3) is 0 Å². The molecular formula is C32H42ClNO4. The molecule has 38 heavy (non-hydrogen) atoms. The first-order valence-electron chi connectivity index (χ1n) is 14.3. The highest BCUT2D eigenvalue weighted by Crippen LogP contribution is 2.56. The third kappa shape index (κ3) is 4.80. The molecule has 0 atom stereocenters. The van der Waals surface area contributed by atoms with Gasteiger partial charge in [-0.2, -0.15) is 0 Å². The topological polar surface area (TPSA) is 55.8 Å². The number of ether oxygens (including phenoxy) is 2. The number of halogens is 1. The van der Waals surface area contributed by atoms with Crippen LogP contribution in [0.1, 0.15) is 104 Å². The monoisotopic (exact) mass is 539 g/mol. The molecule has 0 amide bonds. The lowest BCUT2D eigenvalue weighted by Gasteiger charge is -2.52. The lowest BCUT2D eigenvalue weighted by molar-refractivity contribution is -0.119. The molecule has 5 nitrogen and oxygen atoms in total.